The summed E-state index contributed by atoms with van der Waals surface area (Å²) in [4.78, 5) is 11.9. The fourth-order valence-corrected chi connectivity index (χ4v) is 3.77. The van der Waals surface area contributed by atoms with Crippen LogP contribution < -0.4 is 4.74 Å². The van der Waals surface area contributed by atoms with Crippen LogP contribution >= 0.6 is 0 Å². The van der Waals surface area contributed by atoms with Crippen LogP contribution in [0.4, 0.5) is 0 Å². The number of ether oxygens (including phenoxy) is 2. The van der Waals surface area contributed by atoms with E-state index in [2.05, 4.69) is 6.92 Å². The van der Waals surface area contributed by atoms with Crippen LogP contribution in [-0.4, -0.2) is 12.6 Å². The highest BCUT2D eigenvalue weighted by Crippen LogP contribution is 2.16. The molecule has 0 atom stereocenters. The Morgan fingerprint density at radius 1 is 0.733 bits per heavy atom. The molecule has 0 spiro atoms. The SMILES string of the molecule is CCCCCCCCCCCCCCCCCC(=O)OCc1cccc(OCC)c1. The molecule has 1 rings (SSSR count). The van der Waals surface area contributed by atoms with E-state index in [4.69, 9.17) is 9.47 Å². The first-order chi connectivity index (χ1) is 14.8. The lowest BCUT2D eigenvalue weighted by atomic mass is 10.0. The van der Waals surface area contributed by atoms with Crippen molar-refractivity contribution in [1.29, 1.82) is 0 Å². The first kappa shape index (κ1) is 26.5. The molecule has 0 bridgehead atoms. The standard InChI is InChI=1S/C27H46O3/c1-3-5-6-7-8-9-10-11-12-13-14-15-16-17-18-22-27(28)30-24-25-20-19-21-26(23-25)29-4-2/h19-21,23H,3-18,22,24H2,1-2H3. The number of hydrogen-bond donors (Lipinski definition) is 0. The summed E-state index contributed by atoms with van der Waals surface area (Å²) in [6, 6.07) is 7.75. The van der Waals surface area contributed by atoms with E-state index in [0.717, 1.165) is 24.2 Å². The van der Waals surface area contributed by atoms with Crippen molar-refractivity contribution in [3.8, 4) is 5.75 Å². The van der Waals surface area contributed by atoms with Crippen molar-refractivity contribution in [2.45, 2.75) is 123 Å². The molecule has 172 valence electrons. The Labute approximate surface area is 185 Å². The molecule has 1 aromatic rings. The topological polar surface area (TPSA) is 35.5 Å². The van der Waals surface area contributed by atoms with E-state index in [0.29, 0.717) is 19.6 Å². The Morgan fingerprint density at radius 2 is 1.27 bits per heavy atom. The Hall–Kier alpha value is -1.51. The summed E-state index contributed by atoms with van der Waals surface area (Å²) in [6.07, 6.45) is 20.6. The molecule has 0 aromatic heterocycles. The highest BCUT2D eigenvalue weighted by atomic mass is 16.5. The molecule has 0 saturated carbocycles. The quantitative estimate of drug-likeness (QED) is 0.157. The molecule has 30 heavy (non-hydrogen) atoms. The van der Waals surface area contributed by atoms with Crippen LogP contribution in [0.15, 0.2) is 24.3 Å². The van der Waals surface area contributed by atoms with Crippen molar-refractivity contribution >= 4 is 5.97 Å². The Bertz CT molecular complexity index is 527. The van der Waals surface area contributed by atoms with Gasteiger partial charge < -0.3 is 9.47 Å². The van der Waals surface area contributed by atoms with Gasteiger partial charge in [-0.2, -0.15) is 0 Å². The van der Waals surface area contributed by atoms with E-state index in [-0.39, 0.29) is 5.97 Å². The summed E-state index contributed by atoms with van der Waals surface area (Å²) >= 11 is 0. The third kappa shape index (κ3) is 15.3. The zero-order valence-corrected chi connectivity index (χ0v) is 19.8. The van der Waals surface area contributed by atoms with E-state index >= 15 is 0 Å². The number of unbranched alkanes of at least 4 members (excludes halogenated alkanes) is 14. The van der Waals surface area contributed by atoms with Crippen LogP contribution in [0.1, 0.15) is 122 Å². The second-order valence-electron chi connectivity index (χ2n) is 8.44. The van der Waals surface area contributed by atoms with E-state index in [9.17, 15) is 4.79 Å². The maximum absolute atomic E-state index is 11.9. The van der Waals surface area contributed by atoms with Gasteiger partial charge in [0.2, 0.25) is 0 Å². The molecule has 0 saturated heterocycles. The molecule has 1 aromatic carbocycles. The summed E-state index contributed by atoms with van der Waals surface area (Å²) in [5, 5.41) is 0. The maximum atomic E-state index is 11.9. The fourth-order valence-electron chi connectivity index (χ4n) is 3.77. The van der Waals surface area contributed by atoms with Gasteiger partial charge in [0.25, 0.3) is 0 Å². The van der Waals surface area contributed by atoms with Crippen molar-refractivity contribution in [2.75, 3.05) is 6.61 Å². The van der Waals surface area contributed by atoms with Gasteiger partial charge in [-0.3, -0.25) is 4.79 Å². The second-order valence-corrected chi connectivity index (χ2v) is 8.44. The van der Waals surface area contributed by atoms with Gasteiger partial charge in [0, 0.05) is 6.42 Å². The molecule has 0 aliphatic rings. The van der Waals surface area contributed by atoms with E-state index in [1.54, 1.807) is 0 Å². The van der Waals surface area contributed by atoms with Crippen LogP contribution in [0.3, 0.4) is 0 Å². The smallest absolute Gasteiger partial charge is 0.306 e. The van der Waals surface area contributed by atoms with Gasteiger partial charge in [0.15, 0.2) is 0 Å². The molecule has 0 heterocycles. The normalized spacial score (nSPS) is 10.9. The molecule has 3 nitrogen and oxygen atoms in total. The van der Waals surface area contributed by atoms with Gasteiger partial charge in [0.05, 0.1) is 6.61 Å². The van der Waals surface area contributed by atoms with Gasteiger partial charge in [-0.25, -0.2) is 0 Å². The first-order valence-electron chi connectivity index (χ1n) is 12.6. The molecule has 0 unspecified atom stereocenters. The lowest BCUT2D eigenvalue weighted by molar-refractivity contribution is -0.145. The molecule has 0 aliphatic carbocycles. The summed E-state index contributed by atoms with van der Waals surface area (Å²) in [5.41, 5.74) is 0.978. The third-order valence-electron chi connectivity index (χ3n) is 5.59. The van der Waals surface area contributed by atoms with Gasteiger partial charge in [-0.05, 0) is 31.0 Å². The van der Waals surface area contributed by atoms with Crippen LogP contribution in [0, 0.1) is 0 Å². The fraction of sp³-hybridized carbons (Fsp3) is 0.741. The molecule has 0 amide bonds. The van der Waals surface area contributed by atoms with Crippen molar-refractivity contribution in [3.05, 3.63) is 29.8 Å². The Balaban J connectivity index is 1.86. The summed E-state index contributed by atoms with van der Waals surface area (Å²) < 4.78 is 10.9. The van der Waals surface area contributed by atoms with Gasteiger partial charge in [0.1, 0.15) is 12.4 Å². The highest BCUT2D eigenvalue weighted by Gasteiger charge is 2.04. The van der Waals surface area contributed by atoms with Gasteiger partial charge in [-0.1, -0.05) is 109 Å². The number of carbonyl (C=O) groups excluding carboxylic acids is 1. The summed E-state index contributed by atoms with van der Waals surface area (Å²) in [6.45, 7) is 5.21. The lowest BCUT2D eigenvalue weighted by Crippen LogP contribution is -2.04. The molecule has 0 fully saturated rings. The average Bonchev–Trinajstić information content (AvgIpc) is 2.75. The molecular weight excluding hydrogens is 372 g/mol. The molecule has 0 N–H and O–H groups in total. The molecule has 3 heteroatoms. The largest absolute Gasteiger partial charge is 0.494 e. The number of carbonyl (C=O) groups is 1. The van der Waals surface area contributed by atoms with Crippen LogP contribution in [-0.2, 0) is 16.1 Å². The number of benzene rings is 1. The highest BCUT2D eigenvalue weighted by molar-refractivity contribution is 5.69. The summed E-state index contributed by atoms with van der Waals surface area (Å²) in [7, 11) is 0. The van der Waals surface area contributed by atoms with Crippen LogP contribution in [0.5, 0.6) is 5.75 Å². The van der Waals surface area contributed by atoms with E-state index in [1.165, 1.54) is 83.5 Å². The minimum absolute atomic E-state index is 0.0912. The number of esters is 1. The minimum Gasteiger partial charge on any atom is -0.494 e. The molecular formula is C27H46O3. The predicted molar refractivity (Wildman–Crippen MR) is 127 cm³/mol. The minimum atomic E-state index is -0.0912. The predicted octanol–water partition coefficient (Wildman–Crippen LogP) is 8.39. The number of rotatable bonds is 20. The lowest BCUT2D eigenvalue weighted by Gasteiger charge is -2.07. The van der Waals surface area contributed by atoms with Crippen molar-refractivity contribution < 1.29 is 14.3 Å². The zero-order chi connectivity index (χ0) is 21.7. The third-order valence-corrected chi connectivity index (χ3v) is 5.59. The monoisotopic (exact) mass is 418 g/mol. The zero-order valence-electron chi connectivity index (χ0n) is 19.8. The molecule has 0 aliphatic heterocycles. The van der Waals surface area contributed by atoms with E-state index in [1.807, 2.05) is 31.2 Å². The summed E-state index contributed by atoms with van der Waals surface area (Å²) in [5.74, 6) is 0.736. The van der Waals surface area contributed by atoms with Crippen molar-refractivity contribution in [1.82, 2.24) is 0 Å². The number of hydrogen-bond acceptors (Lipinski definition) is 3. The van der Waals surface area contributed by atoms with Crippen molar-refractivity contribution in [2.24, 2.45) is 0 Å². The molecule has 0 radical (unpaired) electrons. The Morgan fingerprint density at radius 3 is 1.80 bits per heavy atom. The second kappa shape index (κ2) is 19.5. The van der Waals surface area contributed by atoms with Crippen LogP contribution in [0.25, 0.3) is 0 Å². The first-order valence-corrected chi connectivity index (χ1v) is 12.6. The van der Waals surface area contributed by atoms with Crippen molar-refractivity contribution in [3.63, 3.8) is 0 Å². The average molecular weight is 419 g/mol. The van der Waals surface area contributed by atoms with E-state index < -0.39 is 0 Å². The Kier molecular flexibility index (Phi) is 17.2. The van der Waals surface area contributed by atoms with Gasteiger partial charge in [-0.15, -0.1) is 0 Å². The maximum Gasteiger partial charge on any atom is 0.306 e. The van der Waals surface area contributed by atoms with Gasteiger partial charge >= 0.3 is 5.97 Å². The van der Waals surface area contributed by atoms with Crippen LogP contribution in [0.2, 0.25) is 0 Å².